The van der Waals surface area contributed by atoms with Crippen molar-refractivity contribution in [2.45, 2.75) is 39.3 Å². The molecule has 0 amide bonds. The highest BCUT2D eigenvalue weighted by Crippen LogP contribution is 2.39. The van der Waals surface area contributed by atoms with Gasteiger partial charge >= 0.3 is 0 Å². The van der Waals surface area contributed by atoms with Crippen LogP contribution in [0.3, 0.4) is 0 Å². The van der Waals surface area contributed by atoms with Gasteiger partial charge in [0.2, 0.25) is 0 Å². The lowest BCUT2D eigenvalue weighted by atomic mass is 9.68. The van der Waals surface area contributed by atoms with Crippen LogP contribution in [0.25, 0.3) is 0 Å². The minimum absolute atomic E-state index is 0.537. The Hall–Kier alpha value is -0.960. The van der Waals surface area contributed by atoms with Gasteiger partial charge in [0.25, 0.3) is 0 Å². The van der Waals surface area contributed by atoms with Gasteiger partial charge in [0, 0.05) is 18.4 Å². The van der Waals surface area contributed by atoms with E-state index in [1.807, 2.05) is 6.07 Å². The summed E-state index contributed by atoms with van der Waals surface area (Å²) >= 11 is 0. The third kappa shape index (κ3) is 2.29. The molecular formula is C11H17N3. The number of hydrogen-bond donors (Lipinski definition) is 1. The highest BCUT2D eigenvalue weighted by molar-refractivity contribution is 4.94. The van der Waals surface area contributed by atoms with E-state index in [0.29, 0.717) is 11.5 Å². The fourth-order valence-electron chi connectivity index (χ4n) is 2.08. The normalized spacial score (nSPS) is 20.4. The Morgan fingerprint density at radius 3 is 2.57 bits per heavy atom. The molecule has 0 atom stereocenters. The maximum Gasteiger partial charge on any atom is 0.141 e. The fraction of sp³-hybridized carbons (Fsp3) is 0.636. The molecule has 0 saturated heterocycles. The molecule has 0 spiro atoms. The zero-order chi connectivity index (χ0) is 10.0. The monoisotopic (exact) mass is 191 g/mol. The summed E-state index contributed by atoms with van der Waals surface area (Å²) in [5.41, 5.74) is 0.537. The SMILES string of the molecule is CC1(C)CC(NCc2ncccn2)C1. The lowest BCUT2D eigenvalue weighted by molar-refractivity contribution is 0.124. The molecule has 1 aromatic rings. The van der Waals surface area contributed by atoms with Crippen LogP contribution in [0.2, 0.25) is 0 Å². The molecule has 2 rings (SSSR count). The van der Waals surface area contributed by atoms with Crippen LogP contribution in [-0.4, -0.2) is 16.0 Å². The molecule has 1 aliphatic rings. The molecule has 1 aliphatic carbocycles. The van der Waals surface area contributed by atoms with E-state index in [1.165, 1.54) is 12.8 Å². The van der Waals surface area contributed by atoms with Gasteiger partial charge < -0.3 is 5.32 Å². The average Bonchev–Trinajstić information content (AvgIpc) is 2.13. The molecule has 1 saturated carbocycles. The topological polar surface area (TPSA) is 37.8 Å². The third-order valence-electron chi connectivity index (χ3n) is 2.77. The van der Waals surface area contributed by atoms with Crippen LogP contribution in [0.4, 0.5) is 0 Å². The number of nitrogens with zero attached hydrogens (tertiary/aromatic N) is 2. The van der Waals surface area contributed by atoms with Crippen LogP contribution in [0.1, 0.15) is 32.5 Å². The summed E-state index contributed by atoms with van der Waals surface area (Å²) < 4.78 is 0. The van der Waals surface area contributed by atoms with E-state index in [2.05, 4.69) is 29.1 Å². The van der Waals surface area contributed by atoms with Crippen molar-refractivity contribution in [1.29, 1.82) is 0 Å². The second-order valence-electron chi connectivity index (χ2n) is 4.82. The van der Waals surface area contributed by atoms with Gasteiger partial charge in [0.05, 0.1) is 6.54 Å². The summed E-state index contributed by atoms with van der Waals surface area (Å²) in [6, 6.07) is 2.50. The molecule has 1 heterocycles. The molecule has 0 aliphatic heterocycles. The quantitative estimate of drug-likeness (QED) is 0.791. The summed E-state index contributed by atoms with van der Waals surface area (Å²) in [5.74, 6) is 0.886. The molecular weight excluding hydrogens is 174 g/mol. The second kappa shape index (κ2) is 3.65. The maximum absolute atomic E-state index is 4.17. The van der Waals surface area contributed by atoms with Crippen molar-refractivity contribution in [3.8, 4) is 0 Å². The van der Waals surface area contributed by atoms with Crippen molar-refractivity contribution >= 4 is 0 Å². The van der Waals surface area contributed by atoms with E-state index in [0.717, 1.165) is 12.4 Å². The molecule has 1 N–H and O–H groups in total. The Bertz CT molecular complexity index is 287. The summed E-state index contributed by atoms with van der Waals surface area (Å²) in [4.78, 5) is 8.34. The molecule has 14 heavy (non-hydrogen) atoms. The second-order valence-corrected chi connectivity index (χ2v) is 4.82. The number of aromatic nitrogens is 2. The molecule has 0 bridgehead atoms. The summed E-state index contributed by atoms with van der Waals surface area (Å²) in [5, 5.41) is 3.47. The third-order valence-corrected chi connectivity index (χ3v) is 2.77. The van der Waals surface area contributed by atoms with E-state index in [4.69, 9.17) is 0 Å². The van der Waals surface area contributed by atoms with E-state index >= 15 is 0 Å². The molecule has 1 aromatic heterocycles. The van der Waals surface area contributed by atoms with Gasteiger partial charge in [-0.1, -0.05) is 13.8 Å². The van der Waals surface area contributed by atoms with Crippen molar-refractivity contribution in [3.05, 3.63) is 24.3 Å². The molecule has 0 unspecified atom stereocenters. The van der Waals surface area contributed by atoms with Crippen LogP contribution < -0.4 is 5.32 Å². The van der Waals surface area contributed by atoms with Crippen LogP contribution in [-0.2, 0) is 6.54 Å². The lowest BCUT2D eigenvalue weighted by Crippen LogP contribution is -2.45. The average molecular weight is 191 g/mol. The van der Waals surface area contributed by atoms with E-state index in [9.17, 15) is 0 Å². The van der Waals surface area contributed by atoms with Crippen molar-refractivity contribution in [3.63, 3.8) is 0 Å². The predicted molar refractivity (Wildman–Crippen MR) is 55.7 cm³/mol. The summed E-state index contributed by atoms with van der Waals surface area (Å²) in [7, 11) is 0. The Morgan fingerprint density at radius 1 is 1.36 bits per heavy atom. The number of rotatable bonds is 3. The minimum atomic E-state index is 0.537. The van der Waals surface area contributed by atoms with Gasteiger partial charge in [-0.15, -0.1) is 0 Å². The molecule has 1 fully saturated rings. The van der Waals surface area contributed by atoms with Gasteiger partial charge in [0.1, 0.15) is 5.82 Å². The van der Waals surface area contributed by atoms with Gasteiger partial charge in [0.15, 0.2) is 0 Å². The fourth-order valence-corrected chi connectivity index (χ4v) is 2.08. The molecule has 3 nitrogen and oxygen atoms in total. The number of nitrogens with one attached hydrogen (secondary N) is 1. The van der Waals surface area contributed by atoms with Crippen molar-refractivity contribution in [1.82, 2.24) is 15.3 Å². The molecule has 0 aromatic carbocycles. The van der Waals surface area contributed by atoms with Crippen molar-refractivity contribution in [2.24, 2.45) is 5.41 Å². The van der Waals surface area contributed by atoms with Crippen LogP contribution in [0.5, 0.6) is 0 Å². The smallest absolute Gasteiger partial charge is 0.141 e. The predicted octanol–water partition coefficient (Wildman–Crippen LogP) is 1.75. The minimum Gasteiger partial charge on any atom is -0.307 e. The maximum atomic E-state index is 4.17. The first-order valence-electron chi connectivity index (χ1n) is 5.15. The lowest BCUT2D eigenvalue weighted by Gasteiger charge is -2.43. The van der Waals surface area contributed by atoms with Crippen molar-refractivity contribution in [2.75, 3.05) is 0 Å². The van der Waals surface area contributed by atoms with Gasteiger partial charge in [-0.25, -0.2) is 9.97 Å². The van der Waals surface area contributed by atoms with E-state index in [1.54, 1.807) is 12.4 Å². The van der Waals surface area contributed by atoms with Crippen LogP contribution in [0.15, 0.2) is 18.5 Å². The summed E-state index contributed by atoms with van der Waals surface area (Å²) in [6.07, 6.45) is 6.10. The van der Waals surface area contributed by atoms with Gasteiger partial charge in [-0.2, -0.15) is 0 Å². The molecule has 3 heteroatoms. The Balaban J connectivity index is 1.75. The molecule has 76 valence electrons. The Kier molecular flexibility index (Phi) is 2.50. The largest absolute Gasteiger partial charge is 0.307 e. The van der Waals surface area contributed by atoms with Crippen LogP contribution >= 0.6 is 0 Å². The number of hydrogen-bond acceptors (Lipinski definition) is 3. The first kappa shape index (κ1) is 9.59. The summed E-state index contributed by atoms with van der Waals surface area (Å²) in [6.45, 7) is 5.41. The van der Waals surface area contributed by atoms with Gasteiger partial charge in [-0.3, -0.25) is 0 Å². The van der Waals surface area contributed by atoms with E-state index in [-0.39, 0.29) is 0 Å². The zero-order valence-corrected chi connectivity index (χ0v) is 8.83. The van der Waals surface area contributed by atoms with Crippen molar-refractivity contribution < 1.29 is 0 Å². The van der Waals surface area contributed by atoms with Crippen LogP contribution in [0, 0.1) is 5.41 Å². The first-order valence-corrected chi connectivity index (χ1v) is 5.15. The Labute approximate surface area is 85.0 Å². The molecule has 0 radical (unpaired) electrons. The zero-order valence-electron chi connectivity index (χ0n) is 8.83. The van der Waals surface area contributed by atoms with E-state index < -0.39 is 0 Å². The highest BCUT2D eigenvalue weighted by atomic mass is 15.0. The standard InChI is InChI=1S/C11H17N3/c1-11(2)6-9(7-11)14-8-10-12-4-3-5-13-10/h3-5,9,14H,6-8H2,1-2H3. The Morgan fingerprint density at radius 2 is 2.00 bits per heavy atom. The highest BCUT2D eigenvalue weighted by Gasteiger charge is 2.35. The first-order chi connectivity index (χ1) is 6.66. The van der Waals surface area contributed by atoms with Gasteiger partial charge in [-0.05, 0) is 24.3 Å².